The molecule has 27 heavy (non-hydrogen) atoms. The number of nitrogens with zero attached hydrogens (tertiary/aromatic N) is 2. The van der Waals surface area contributed by atoms with Crippen molar-refractivity contribution in [2.24, 2.45) is 0 Å². The lowest BCUT2D eigenvalue weighted by atomic mass is 10.2. The van der Waals surface area contributed by atoms with Crippen LogP contribution in [0.4, 0.5) is 0 Å². The molecule has 0 bridgehead atoms. The zero-order valence-electron chi connectivity index (χ0n) is 15.4. The summed E-state index contributed by atoms with van der Waals surface area (Å²) >= 11 is 6.10. The van der Waals surface area contributed by atoms with E-state index in [1.165, 1.54) is 11.6 Å². The Hall–Kier alpha value is -2.85. The Morgan fingerprint density at radius 2 is 1.81 bits per heavy atom. The fraction of sp³-hybridized carbons (Fsp3) is 0.182. The molecule has 1 aromatic heterocycles. The van der Waals surface area contributed by atoms with Crippen molar-refractivity contribution >= 4 is 23.6 Å². The molecule has 138 valence electrons. The minimum Gasteiger partial charge on any atom is -0.348 e. The maximum atomic E-state index is 12.2. The Bertz CT molecular complexity index is 961. The molecule has 0 saturated carbocycles. The summed E-state index contributed by atoms with van der Waals surface area (Å²) in [5.74, 6) is -0.162. The van der Waals surface area contributed by atoms with Gasteiger partial charge in [0.1, 0.15) is 0 Å². The quantitative estimate of drug-likeness (QED) is 0.639. The third-order valence-corrected chi connectivity index (χ3v) is 4.81. The van der Waals surface area contributed by atoms with Gasteiger partial charge < -0.3 is 5.32 Å². The molecule has 3 aromatic rings. The number of aromatic nitrogens is 2. The molecule has 3 rings (SSSR count). The van der Waals surface area contributed by atoms with Gasteiger partial charge in [-0.15, -0.1) is 0 Å². The smallest absolute Gasteiger partial charge is 0.244 e. The van der Waals surface area contributed by atoms with E-state index in [4.69, 9.17) is 11.6 Å². The lowest BCUT2D eigenvalue weighted by Gasteiger charge is -2.06. The third-order valence-electron chi connectivity index (χ3n) is 4.47. The second kappa shape index (κ2) is 8.69. The molecule has 0 atom stereocenters. The molecule has 1 heterocycles. The van der Waals surface area contributed by atoms with Gasteiger partial charge in [0.2, 0.25) is 5.91 Å². The average molecular weight is 380 g/mol. The third kappa shape index (κ3) is 4.86. The zero-order chi connectivity index (χ0) is 19.2. The van der Waals surface area contributed by atoms with Crippen LogP contribution in [0, 0.1) is 13.8 Å². The van der Waals surface area contributed by atoms with Crippen molar-refractivity contribution in [2.75, 3.05) is 0 Å². The Labute approximate surface area is 164 Å². The van der Waals surface area contributed by atoms with Crippen molar-refractivity contribution in [1.82, 2.24) is 15.1 Å². The van der Waals surface area contributed by atoms with Gasteiger partial charge in [0.15, 0.2) is 0 Å². The summed E-state index contributed by atoms with van der Waals surface area (Å²) < 4.78 is 1.98. The molecule has 0 spiro atoms. The van der Waals surface area contributed by atoms with Crippen LogP contribution in [0.2, 0.25) is 5.02 Å². The van der Waals surface area contributed by atoms with Crippen LogP contribution in [0.15, 0.2) is 60.7 Å². The molecule has 2 aromatic carbocycles. The van der Waals surface area contributed by atoms with E-state index in [1.54, 1.807) is 12.1 Å². The molecule has 0 radical (unpaired) electrons. The van der Waals surface area contributed by atoms with E-state index in [2.05, 4.69) is 22.5 Å². The van der Waals surface area contributed by atoms with Gasteiger partial charge in [-0.25, -0.2) is 0 Å². The van der Waals surface area contributed by atoms with Crippen LogP contribution < -0.4 is 5.32 Å². The van der Waals surface area contributed by atoms with Crippen LogP contribution in [0.3, 0.4) is 0 Å². The molecule has 1 N–H and O–H groups in total. The van der Waals surface area contributed by atoms with Gasteiger partial charge in [-0.3, -0.25) is 9.48 Å². The van der Waals surface area contributed by atoms with E-state index >= 15 is 0 Å². The van der Waals surface area contributed by atoms with E-state index in [-0.39, 0.29) is 5.91 Å². The number of carbonyl (C=O) groups is 1. The number of aryl methyl sites for hydroxylation is 1. The maximum absolute atomic E-state index is 12.2. The van der Waals surface area contributed by atoms with Gasteiger partial charge in [0.05, 0.1) is 12.2 Å². The monoisotopic (exact) mass is 379 g/mol. The molecule has 0 aliphatic rings. The van der Waals surface area contributed by atoms with Gasteiger partial charge in [-0.2, -0.15) is 5.10 Å². The van der Waals surface area contributed by atoms with E-state index in [0.717, 1.165) is 22.5 Å². The highest BCUT2D eigenvalue weighted by atomic mass is 35.5. The summed E-state index contributed by atoms with van der Waals surface area (Å²) in [5.41, 5.74) is 5.05. The first kappa shape index (κ1) is 18.9. The Kier molecular flexibility index (Phi) is 6.09. The number of benzene rings is 2. The summed E-state index contributed by atoms with van der Waals surface area (Å²) in [7, 11) is 0. The molecule has 0 aliphatic carbocycles. The van der Waals surface area contributed by atoms with Gasteiger partial charge >= 0.3 is 0 Å². The zero-order valence-corrected chi connectivity index (χ0v) is 16.2. The minimum atomic E-state index is -0.162. The summed E-state index contributed by atoms with van der Waals surface area (Å²) in [6.07, 6.45) is 3.22. The molecule has 4 nitrogen and oxygen atoms in total. The van der Waals surface area contributed by atoms with Crippen LogP contribution in [0.25, 0.3) is 6.08 Å². The molecular formula is C22H22ClN3O. The van der Waals surface area contributed by atoms with E-state index in [0.29, 0.717) is 18.1 Å². The molecule has 0 fully saturated rings. The van der Waals surface area contributed by atoms with Crippen molar-refractivity contribution in [2.45, 2.75) is 26.9 Å². The standard InChI is InChI=1S/C22H22ClN3O/c1-16-20(17(2)26(25-16)15-18-8-4-3-5-9-18)14-24-22(27)13-12-19-10-6-7-11-21(19)23/h3-13H,14-15H2,1-2H3,(H,24,27)/b13-12+. The van der Waals surface area contributed by atoms with E-state index in [9.17, 15) is 4.79 Å². The number of carbonyl (C=O) groups excluding carboxylic acids is 1. The van der Waals surface area contributed by atoms with Crippen molar-refractivity contribution in [3.8, 4) is 0 Å². The van der Waals surface area contributed by atoms with Crippen molar-refractivity contribution in [1.29, 1.82) is 0 Å². The summed E-state index contributed by atoms with van der Waals surface area (Å²) in [6.45, 7) is 5.16. The number of halogens is 1. The molecule has 1 amide bonds. The van der Waals surface area contributed by atoms with Gasteiger partial charge in [-0.1, -0.05) is 60.1 Å². The second-order valence-corrected chi connectivity index (χ2v) is 6.77. The molecule has 0 aliphatic heterocycles. The normalized spacial score (nSPS) is 11.1. The summed E-state index contributed by atoms with van der Waals surface area (Å²) in [5, 5.41) is 8.16. The van der Waals surface area contributed by atoms with Gasteiger partial charge in [-0.05, 0) is 37.1 Å². The van der Waals surface area contributed by atoms with E-state index in [1.807, 2.05) is 54.9 Å². The summed E-state index contributed by atoms with van der Waals surface area (Å²) in [4.78, 5) is 12.2. The SMILES string of the molecule is Cc1nn(Cc2ccccc2)c(C)c1CNC(=O)/C=C/c1ccccc1Cl. The lowest BCUT2D eigenvalue weighted by molar-refractivity contribution is -0.116. The first-order chi connectivity index (χ1) is 13.0. The van der Waals surface area contributed by atoms with Crippen molar-refractivity contribution < 1.29 is 4.79 Å². The number of nitrogens with one attached hydrogen (secondary N) is 1. The molecular weight excluding hydrogens is 358 g/mol. The first-order valence-electron chi connectivity index (χ1n) is 8.82. The first-order valence-corrected chi connectivity index (χ1v) is 9.19. The van der Waals surface area contributed by atoms with Crippen molar-refractivity contribution in [3.63, 3.8) is 0 Å². The van der Waals surface area contributed by atoms with Gasteiger partial charge in [0.25, 0.3) is 0 Å². The Balaban J connectivity index is 1.64. The van der Waals surface area contributed by atoms with Gasteiger partial charge in [0, 0.05) is 28.9 Å². The van der Waals surface area contributed by atoms with Crippen LogP contribution in [-0.4, -0.2) is 15.7 Å². The predicted molar refractivity (Wildman–Crippen MR) is 110 cm³/mol. The highest BCUT2D eigenvalue weighted by Gasteiger charge is 2.12. The fourth-order valence-corrected chi connectivity index (χ4v) is 3.11. The second-order valence-electron chi connectivity index (χ2n) is 6.37. The Morgan fingerprint density at radius 3 is 2.56 bits per heavy atom. The summed E-state index contributed by atoms with van der Waals surface area (Å²) in [6, 6.07) is 17.6. The van der Waals surface area contributed by atoms with Crippen LogP contribution >= 0.6 is 11.6 Å². The fourth-order valence-electron chi connectivity index (χ4n) is 2.91. The molecule has 0 saturated heterocycles. The number of hydrogen-bond acceptors (Lipinski definition) is 2. The average Bonchev–Trinajstić information content (AvgIpc) is 2.93. The predicted octanol–water partition coefficient (Wildman–Crippen LogP) is 4.53. The Morgan fingerprint density at radius 1 is 1.11 bits per heavy atom. The molecule has 0 unspecified atom stereocenters. The minimum absolute atomic E-state index is 0.162. The maximum Gasteiger partial charge on any atom is 0.244 e. The molecule has 5 heteroatoms. The highest BCUT2D eigenvalue weighted by Crippen LogP contribution is 2.17. The number of hydrogen-bond donors (Lipinski definition) is 1. The largest absolute Gasteiger partial charge is 0.348 e. The van der Waals surface area contributed by atoms with Crippen LogP contribution in [0.1, 0.15) is 28.1 Å². The highest BCUT2D eigenvalue weighted by molar-refractivity contribution is 6.32. The number of rotatable bonds is 6. The van der Waals surface area contributed by atoms with Crippen molar-refractivity contribution in [3.05, 3.63) is 93.8 Å². The van der Waals surface area contributed by atoms with Crippen LogP contribution in [-0.2, 0) is 17.9 Å². The number of amides is 1. The topological polar surface area (TPSA) is 46.9 Å². The lowest BCUT2D eigenvalue weighted by Crippen LogP contribution is -2.21. The van der Waals surface area contributed by atoms with Crippen LogP contribution in [0.5, 0.6) is 0 Å². The van der Waals surface area contributed by atoms with E-state index < -0.39 is 0 Å².